The fraction of sp³-hybridized carbons (Fsp3) is 0.750. The Morgan fingerprint density at radius 2 is 2.05 bits per heavy atom. The van der Waals surface area contributed by atoms with Gasteiger partial charge in [0, 0.05) is 39.0 Å². The molecule has 2 fully saturated rings. The van der Waals surface area contributed by atoms with Crippen molar-refractivity contribution in [1.82, 2.24) is 10.6 Å². The second-order valence-corrected chi connectivity index (χ2v) is 5.03. The smallest absolute Gasteiger partial charge is 0.329 e. The lowest BCUT2D eigenvalue weighted by Crippen LogP contribution is -2.59. The van der Waals surface area contributed by atoms with E-state index in [-0.39, 0.29) is 37.1 Å². The van der Waals surface area contributed by atoms with Gasteiger partial charge in [0.2, 0.25) is 11.8 Å². The lowest BCUT2D eigenvalue weighted by Gasteiger charge is -2.35. The Balaban J connectivity index is 1.99. The fourth-order valence-electron chi connectivity index (χ4n) is 2.41. The van der Waals surface area contributed by atoms with Crippen LogP contribution in [0.3, 0.4) is 0 Å². The first-order valence-electron chi connectivity index (χ1n) is 6.43. The van der Waals surface area contributed by atoms with E-state index in [0.29, 0.717) is 26.1 Å². The van der Waals surface area contributed by atoms with Crippen molar-refractivity contribution in [3.63, 3.8) is 0 Å². The third kappa shape index (κ3) is 3.04. The van der Waals surface area contributed by atoms with Gasteiger partial charge in [-0.2, -0.15) is 0 Å². The summed E-state index contributed by atoms with van der Waals surface area (Å²) in [6.45, 7) is 0.929. The fourth-order valence-corrected chi connectivity index (χ4v) is 2.41. The Kier molecular flexibility index (Phi) is 4.04. The molecule has 7 heteroatoms. The molecule has 2 heterocycles. The molecule has 0 aliphatic carbocycles. The van der Waals surface area contributed by atoms with Gasteiger partial charge in [0.15, 0.2) is 0 Å². The minimum atomic E-state index is -1.23. The lowest BCUT2D eigenvalue weighted by molar-refractivity contribution is -0.153. The van der Waals surface area contributed by atoms with Gasteiger partial charge in [-0.05, 0) is 6.42 Å². The van der Waals surface area contributed by atoms with Crippen LogP contribution in [0.15, 0.2) is 0 Å². The third-order valence-electron chi connectivity index (χ3n) is 3.75. The molecule has 0 aromatic heterocycles. The zero-order chi connectivity index (χ0) is 13.9. The molecule has 0 aromatic carbocycles. The van der Waals surface area contributed by atoms with Crippen LogP contribution in [-0.4, -0.2) is 48.2 Å². The van der Waals surface area contributed by atoms with Crippen molar-refractivity contribution in [3.05, 3.63) is 0 Å². The van der Waals surface area contributed by atoms with Crippen molar-refractivity contribution in [2.75, 3.05) is 19.8 Å². The van der Waals surface area contributed by atoms with Crippen molar-refractivity contribution in [2.45, 2.75) is 31.2 Å². The number of hydrogen-bond acceptors (Lipinski definition) is 4. The first-order valence-corrected chi connectivity index (χ1v) is 6.43. The highest BCUT2D eigenvalue weighted by Gasteiger charge is 2.42. The van der Waals surface area contributed by atoms with Crippen LogP contribution in [0.5, 0.6) is 0 Å². The van der Waals surface area contributed by atoms with Gasteiger partial charge in [0.25, 0.3) is 0 Å². The summed E-state index contributed by atoms with van der Waals surface area (Å²) in [4.78, 5) is 34.6. The summed E-state index contributed by atoms with van der Waals surface area (Å²) in [6, 6.07) is 0. The highest BCUT2D eigenvalue weighted by Crippen LogP contribution is 2.22. The molecule has 0 aromatic rings. The quantitative estimate of drug-likeness (QED) is 0.626. The minimum absolute atomic E-state index is 0.0666. The van der Waals surface area contributed by atoms with E-state index < -0.39 is 11.5 Å². The Morgan fingerprint density at radius 1 is 1.37 bits per heavy atom. The number of hydrogen-bond donors (Lipinski definition) is 3. The standard InChI is InChI=1S/C12H18N2O5/c15-9-2-1-8(7-13-9)10(16)14-12(11(17)18)3-5-19-6-4-12/h8H,1-7H2,(H,13,15)(H,14,16)(H,17,18). The molecule has 2 saturated heterocycles. The monoisotopic (exact) mass is 270 g/mol. The van der Waals surface area contributed by atoms with E-state index in [1.54, 1.807) is 0 Å². The number of carbonyl (C=O) groups excluding carboxylic acids is 2. The van der Waals surface area contributed by atoms with E-state index in [9.17, 15) is 19.5 Å². The molecular formula is C12H18N2O5. The van der Waals surface area contributed by atoms with Gasteiger partial charge in [-0.3, -0.25) is 9.59 Å². The van der Waals surface area contributed by atoms with E-state index in [4.69, 9.17) is 4.74 Å². The van der Waals surface area contributed by atoms with E-state index in [0.717, 1.165) is 0 Å². The molecule has 19 heavy (non-hydrogen) atoms. The van der Waals surface area contributed by atoms with Gasteiger partial charge in [-0.1, -0.05) is 0 Å². The zero-order valence-corrected chi connectivity index (χ0v) is 10.6. The number of carboxylic acids is 1. The number of nitrogens with one attached hydrogen (secondary N) is 2. The Labute approximate surface area is 110 Å². The van der Waals surface area contributed by atoms with Crippen LogP contribution in [0, 0.1) is 5.92 Å². The normalized spacial score (nSPS) is 26.3. The summed E-state index contributed by atoms with van der Waals surface area (Å²) < 4.78 is 5.14. The molecule has 1 atom stereocenters. The molecule has 0 spiro atoms. The molecule has 3 N–H and O–H groups in total. The van der Waals surface area contributed by atoms with Crippen molar-refractivity contribution >= 4 is 17.8 Å². The number of carbonyl (C=O) groups is 3. The molecule has 2 rings (SSSR count). The van der Waals surface area contributed by atoms with Crippen molar-refractivity contribution < 1.29 is 24.2 Å². The second kappa shape index (κ2) is 5.56. The summed E-state index contributed by atoms with van der Waals surface area (Å²) in [6.07, 6.45) is 1.31. The predicted octanol–water partition coefficient (Wildman–Crippen LogP) is -0.737. The molecule has 0 radical (unpaired) electrons. The minimum Gasteiger partial charge on any atom is -0.480 e. The first kappa shape index (κ1) is 13.8. The van der Waals surface area contributed by atoms with Gasteiger partial charge >= 0.3 is 5.97 Å². The number of piperidine rings is 1. The Hall–Kier alpha value is -1.63. The highest BCUT2D eigenvalue weighted by molar-refractivity contribution is 5.89. The summed E-state index contributed by atoms with van der Waals surface area (Å²) in [5.74, 6) is -1.74. The van der Waals surface area contributed by atoms with E-state index in [1.807, 2.05) is 0 Å². The van der Waals surface area contributed by atoms with Gasteiger partial charge in [0.05, 0.1) is 5.92 Å². The molecule has 0 bridgehead atoms. The highest BCUT2D eigenvalue weighted by atomic mass is 16.5. The average Bonchev–Trinajstić information content (AvgIpc) is 2.40. The van der Waals surface area contributed by atoms with Crippen LogP contribution in [0.4, 0.5) is 0 Å². The maximum Gasteiger partial charge on any atom is 0.329 e. The Morgan fingerprint density at radius 3 is 2.58 bits per heavy atom. The number of amides is 2. The van der Waals surface area contributed by atoms with Gasteiger partial charge in [-0.25, -0.2) is 4.79 Å². The summed E-state index contributed by atoms with van der Waals surface area (Å²) in [7, 11) is 0. The van der Waals surface area contributed by atoms with Crippen molar-refractivity contribution in [2.24, 2.45) is 5.92 Å². The topological polar surface area (TPSA) is 105 Å². The van der Waals surface area contributed by atoms with Crippen LogP contribution in [0.2, 0.25) is 0 Å². The number of ether oxygens (including phenoxy) is 1. The van der Waals surface area contributed by atoms with Crippen molar-refractivity contribution in [3.8, 4) is 0 Å². The van der Waals surface area contributed by atoms with E-state index in [2.05, 4.69) is 10.6 Å². The van der Waals surface area contributed by atoms with Crippen LogP contribution in [0.1, 0.15) is 25.7 Å². The number of aliphatic carboxylic acids is 1. The summed E-state index contributed by atoms with van der Waals surface area (Å²) >= 11 is 0. The Bertz CT molecular complexity index is 380. The predicted molar refractivity (Wildman–Crippen MR) is 64.3 cm³/mol. The summed E-state index contributed by atoms with van der Waals surface area (Å²) in [5.41, 5.74) is -1.23. The molecular weight excluding hydrogens is 252 g/mol. The van der Waals surface area contributed by atoms with E-state index in [1.165, 1.54) is 0 Å². The van der Waals surface area contributed by atoms with Crippen LogP contribution >= 0.6 is 0 Å². The molecule has 106 valence electrons. The molecule has 7 nitrogen and oxygen atoms in total. The van der Waals surface area contributed by atoms with Crippen molar-refractivity contribution in [1.29, 1.82) is 0 Å². The van der Waals surface area contributed by atoms with Crippen LogP contribution < -0.4 is 10.6 Å². The largest absolute Gasteiger partial charge is 0.480 e. The maximum absolute atomic E-state index is 12.1. The van der Waals surface area contributed by atoms with Crippen LogP contribution in [-0.2, 0) is 19.1 Å². The molecule has 1 unspecified atom stereocenters. The molecule has 2 aliphatic rings. The number of carboxylic acid groups (broad SMARTS) is 1. The zero-order valence-electron chi connectivity index (χ0n) is 10.6. The molecule has 2 aliphatic heterocycles. The second-order valence-electron chi connectivity index (χ2n) is 5.03. The SMILES string of the molecule is O=C1CCC(C(=O)NC2(C(=O)O)CCOCC2)CN1. The van der Waals surface area contributed by atoms with E-state index >= 15 is 0 Å². The molecule has 0 saturated carbocycles. The average molecular weight is 270 g/mol. The maximum atomic E-state index is 12.1. The first-order chi connectivity index (χ1) is 9.03. The lowest BCUT2D eigenvalue weighted by atomic mass is 9.88. The molecule has 2 amide bonds. The van der Waals surface area contributed by atoms with Gasteiger partial charge < -0.3 is 20.5 Å². The third-order valence-corrected chi connectivity index (χ3v) is 3.75. The summed E-state index contributed by atoms with van der Waals surface area (Å²) in [5, 5.41) is 14.6. The van der Waals surface area contributed by atoms with Gasteiger partial charge in [0.1, 0.15) is 5.54 Å². The van der Waals surface area contributed by atoms with Crippen LogP contribution in [0.25, 0.3) is 0 Å². The number of rotatable bonds is 3. The van der Waals surface area contributed by atoms with Gasteiger partial charge in [-0.15, -0.1) is 0 Å².